The van der Waals surface area contributed by atoms with Gasteiger partial charge in [-0.3, -0.25) is 9.59 Å². The van der Waals surface area contributed by atoms with E-state index in [1.807, 2.05) is 6.42 Å². The fourth-order valence-electron chi connectivity index (χ4n) is 0.720. The van der Waals surface area contributed by atoms with Gasteiger partial charge in [0.15, 0.2) is 11.6 Å². The maximum absolute atomic E-state index is 10.4. The van der Waals surface area contributed by atoms with Crippen LogP contribution in [0.4, 0.5) is 0 Å². The van der Waals surface area contributed by atoms with Crippen molar-refractivity contribution in [3.05, 3.63) is 6.42 Å². The minimum atomic E-state index is -0.226. The number of hydrogen-bond donors (Lipinski definition) is 0. The van der Waals surface area contributed by atoms with Crippen molar-refractivity contribution in [1.82, 2.24) is 0 Å². The molecule has 2 nitrogen and oxygen atoms in total. The van der Waals surface area contributed by atoms with E-state index in [1.165, 1.54) is 0 Å². The molecule has 1 rings (SSSR count). The lowest BCUT2D eigenvalue weighted by molar-refractivity contribution is -0.137. The minimum absolute atomic E-state index is 0.201. The van der Waals surface area contributed by atoms with Crippen LogP contribution >= 0.6 is 0 Å². The summed E-state index contributed by atoms with van der Waals surface area (Å²) in [5.41, 5.74) is 0. The first-order valence-corrected chi connectivity index (χ1v) is 2.68. The van der Waals surface area contributed by atoms with E-state index in [2.05, 4.69) is 0 Å². The van der Waals surface area contributed by atoms with Crippen LogP contribution in [0.5, 0.6) is 0 Å². The van der Waals surface area contributed by atoms with E-state index in [0.717, 1.165) is 6.42 Å². The van der Waals surface area contributed by atoms with Gasteiger partial charge in [0, 0.05) is 12.8 Å². The Labute approximate surface area is 47.9 Å². The van der Waals surface area contributed by atoms with Gasteiger partial charge in [0.05, 0.1) is 0 Å². The first-order chi connectivity index (χ1) is 3.80. The maximum atomic E-state index is 10.4. The Bertz CT molecular complexity index is 110. The van der Waals surface area contributed by atoms with Crippen LogP contribution < -0.4 is 0 Å². The average Bonchev–Trinajstić information content (AvgIpc) is 1.77. The van der Waals surface area contributed by atoms with E-state index >= 15 is 0 Å². The quantitative estimate of drug-likeness (QED) is 0.427. The van der Waals surface area contributed by atoms with Crippen molar-refractivity contribution in [3.8, 4) is 0 Å². The summed E-state index contributed by atoms with van der Waals surface area (Å²) in [5, 5.41) is 0. The van der Waals surface area contributed by atoms with Crippen LogP contribution in [-0.2, 0) is 9.59 Å². The molecule has 0 aliphatic heterocycles. The molecule has 1 aliphatic carbocycles. The van der Waals surface area contributed by atoms with Gasteiger partial charge in [-0.25, -0.2) is 0 Å². The van der Waals surface area contributed by atoms with E-state index in [-0.39, 0.29) is 11.6 Å². The molecule has 1 fully saturated rings. The number of ketones is 2. The molecular weight excluding hydrogens is 104 g/mol. The molecule has 1 radical (unpaired) electrons. The molecule has 0 atom stereocenters. The van der Waals surface area contributed by atoms with Crippen molar-refractivity contribution in [1.29, 1.82) is 0 Å². The highest BCUT2D eigenvalue weighted by molar-refractivity contribution is 6.38. The molecule has 2 heteroatoms. The normalized spacial score (nSPS) is 21.5. The van der Waals surface area contributed by atoms with Crippen molar-refractivity contribution in [2.24, 2.45) is 0 Å². The van der Waals surface area contributed by atoms with Gasteiger partial charge in [-0.05, 0) is 12.8 Å². The Balaban J connectivity index is 2.52. The monoisotopic (exact) mass is 111 g/mol. The van der Waals surface area contributed by atoms with Gasteiger partial charge in [-0.15, -0.1) is 0 Å². The molecule has 0 bridgehead atoms. The smallest absolute Gasteiger partial charge is 0.198 e. The van der Waals surface area contributed by atoms with Crippen LogP contribution in [0.25, 0.3) is 0 Å². The predicted octanol–water partition coefficient (Wildman–Crippen LogP) is 0.513. The van der Waals surface area contributed by atoms with Gasteiger partial charge >= 0.3 is 0 Å². The number of carbonyl (C=O) groups excluding carboxylic acids is 2. The number of rotatable bonds is 0. The van der Waals surface area contributed by atoms with E-state index in [1.54, 1.807) is 0 Å². The van der Waals surface area contributed by atoms with Gasteiger partial charge in [0.2, 0.25) is 0 Å². The van der Waals surface area contributed by atoms with Gasteiger partial charge in [-0.2, -0.15) is 0 Å². The third-order valence-electron chi connectivity index (χ3n) is 1.22. The van der Waals surface area contributed by atoms with Gasteiger partial charge < -0.3 is 0 Å². The van der Waals surface area contributed by atoms with Crippen LogP contribution in [0.2, 0.25) is 0 Å². The first kappa shape index (κ1) is 5.48. The number of hydrogen-bond acceptors (Lipinski definition) is 2. The lowest BCUT2D eigenvalue weighted by atomic mass is 9.98. The van der Waals surface area contributed by atoms with Crippen molar-refractivity contribution >= 4 is 11.6 Å². The second kappa shape index (κ2) is 2.07. The molecule has 0 aromatic heterocycles. The average molecular weight is 111 g/mol. The number of Topliss-reactive ketones (excluding diaryl/α,β-unsaturated/α-hetero) is 2. The third kappa shape index (κ3) is 0.941. The Hall–Kier alpha value is -0.660. The fourth-order valence-corrected chi connectivity index (χ4v) is 0.720. The maximum Gasteiger partial charge on any atom is 0.198 e. The van der Waals surface area contributed by atoms with Crippen molar-refractivity contribution in [2.75, 3.05) is 0 Å². The van der Waals surface area contributed by atoms with Gasteiger partial charge in [-0.1, -0.05) is 0 Å². The molecule has 8 heavy (non-hydrogen) atoms. The summed E-state index contributed by atoms with van der Waals surface area (Å²) in [5.74, 6) is -0.427. The summed E-state index contributed by atoms with van der Waals surface area (Å²) < 4.78 is 0. The van der Waals surface area contributed by atoms with Crippen LogP contribution in [0.15, 0.2) is 0 Å². The highest BCUT2D eigenvalue weighted by atomic mass is 16.2. The Kier molecular flexibility index (Phi) is 1.42. The first-order valence-electron chi connectivity index (χ1n) is 2.68. The van der Waals surface area contributed by atoms with Gasteiger partial charge in [0.1, 0.15) is 0 Å². The van der Waals surface area contributed by atoms with E-state index in [9.17, 15) is 9.59 Å². The minimum Gasteiger partial charge on any atom is -0.291 e. The van der Waals surface area contributed by atoms with Crippen LogP contribution in [0, 0.1) is 6.42 Å². The molecule has 0 N–H and O–H groups in total. The molecule has 0 aromatic carbocycles. The van der Waals surface area contributed by atoms with Crippen LogP contribution in [0.1, 0.15) is 19.3 Å². The Morgan fingerprint density at radius 1 is 1.25 bits per heavy atom. The zero-order valence-electron chi connectivity index (χ0n) is 4.52. The van der Waals surface area contributed by atoms with Crippen LogP contribution in [0.3, 0.4) is 0 Å². The van der Waals surface area contributed by atoms with E-state index in [4.69, 9.17) is 0 Å². The second-order valence-corrected chi connectivity index (χ2v) is 1.88. The Morgan fingerprint density at radius 3 is 2.38 bits per heavy atom. The highest BCUT2D eigenvalue weighted by Gasteiger charge is 2.17. The Morgan fingerprint density at radius 2 is 2.00 bits per heavy atom. The van der Waals surface area contributed by atoms with Gasteiger partial charge in [0.25, 0.3) is 0 Å². The predicted molar refractivity (Wildman–Crippen MR) is 28.2 cm³/mol. The lowest BCUT2D eigenvalue weighted by Crippen LogP contribution is -2.17. The van der Waals surface area contributed by atoms with Crippen molar-refractivity contribution in [2.45, 2.75) is 19.3 Å². The van der Waals surface area contributed by atoms with E-state index < -0.39 is 0 Å². The van der Waals surface area contributed by atoms with E-state index in [0.29, 0.717) is 12.8 Å². The molecule has 0 aromatic rings. The standard InChI is InChI=1S/C6H7O2/c7-5-3-1-2-4-6(5)8/h1H,2-4H2. The van der Waals surface area contributed by atoms with Crippen LogP contribution in [-0.4, -0.2) is 11.6 Å². The third-order valence-corrected chi connectivity index (χ3v) is 1.22. The fraction of sp³-hybridized carbons (Fsp3) is 0.500. The summed E-state index contributed by atoms with van der Waals surface area (Å²) >= 11 is 0. The molecule has 1 saturated carbocycles. The topological polar surface area (TPSA) is 34.1 Å². The highest BCUT2D eigenvalue weighted by Crippen LogP contribution is 2.08. The molecule has 0 amide bonds. The molecule has 0 saturated heterocycles. The molecule has 0 heterocycles. The zero-order chi connectivity index (χ0) is 5.98. The largest absolute Gasteiger partial charge is 0.291 e. The SMILES string of the molecule is O=C1C[CH]CCC1=O. The molecule has 0 spiro atoms. The summed E-state index contributed by atoms with van der Waals surface area (Å²) in [6.07, 6.45) is 3.42. The molecular formula is C6H7O2. The molecule has 1 aliphatic rings. The second-order valence-electron chi connectivity index (χ2n) is 1.88. The zero-order valence-corrected chi connectivity index (χ0v) is 4.52. The molecule has 43 valence electrons. The number of carbonyl (C=O) groups is 2. The lowest BCUT2D eigenvalue weighted by Gasteiger charge is -2.04. The summed E-state index contributed by atoms with van der Waals surface area (Å²) in [7, 11) is 0. The summed E-state index contributed by atoms with van der Waals surface area (Å²) in [6, 6.07) is 0. The summed E-state index contributed by atoms with van der Waals surface area (Å²) in [6.45, 7) is 0. The molecule has 0 unspecified atom stereocenters. The van der Waals surface area contributed by atoms with Crippen molar-refractivity contribution in [3.63, 3.8) is 0 Å². The summed E-state index contributed by atoms with van der Waals surface area (Å²) in [4.78, 5) is 20.8. The van der Waals surface area contributed by atoms with Crippen molar-refractivity contribution < 1.29 is 9.59 Å².